The molecule has 0 aromatic heterocycles. The highest BCUT2D eigenvalue weighted by molar-refractivity contribution is 5.95. The molecule has 3 heteroatoms. The molecule has 130 valence electrons. The molecule has 1 atom stereocenters. The Balaban J connectivity index is 1.46. The molecule has 0 bridgehead atoms. The van der Waals surface area contributed by atoms with Gasteiger partial charge in [0.05, 0.1) is 0 Å². The number of hydrogen-bond donors (Lipinski definition) is 0. The second-order valence-electron chi connectivity index (χ2n) is 7.25. The van der Waals surface area contributed by atoms with Gasteiger partial charge in [-0.15, -0.1) is 0 Å². The molecular weight excluding hydrogens is 308 g/mol. The zero-order chi connectivity index (χ0) is 17.1. The fourth-order valence-corrected chi connectivity index (χ4v) is 4.16. The topological polar surface area (TPSA) is 23.6 Å². The molecule has 0 saturated carbocycles. The van der Waals surface area contributed by atoms with Gasteiger partial charge in [0.15, 0.2) is 0 Å². The highest BCUT2D eigenvalue weighted by Crippen LogP contribution is 2.24. The van der Waals surface area contributed by atoms with Crippen molar-refractivity contribution >= 4 is 5.91 Å². The standard InChI is InChI=1S/C22H26N2O/c25-22(24-16-6-9-21(24)17-23-14-4-5-15-23)20-12-10-19(11-13-20)18-7-2-1-3-8-18/h1-3,7-8,10-13,21H,4-6,9,14-17H2. The summed E-state index contributed by atoms with van der Waals surface area (Å²) in [5, 5.41) is 0. The summed E-state index contributed by atoms with van der Waals surface area (Å²) in [6.07, 6.45) is 4.89. The smallest absolute Gasteiger partial charge is 0.254 e. The van der Waals surface area contributed by atoms with Crippen LogP contribution in [0.2, 0.25) is 0 Å². The van der Waals surface area contributed by atoms with Crippen molar-refractivity contribution in [1.82, 2.24) is 9.80 Å². The van der Waals surface area contributed by atoms with Gasteiger partial charge in [0, 0.05) is 24.7 Å². The molecule has 0 radical (unpaired) electrons. The number of amides is 1. The van der Waals surface area contributed by atoms with Crippen LogP contribution < -0.4 is 0 Å². The van der Waals surface area contributed by atoms with Gasteiger partial charge in [-0.2, -0.15) is 0 Å². The second-order valence-corrected chi connectivity index (χ2v) is 7.25. The molecule has 2 aliphatic rings. The maximum Gasteiger partial charge on any atom is 0.254 e. The molecule has 0 N–H and O–H groups in total. The third kappa shape index (κ3) is 3.62. The first-order valence-electron chi connectivity index (χ1n) is 9.50. The van der Waals surface area contributed by atoms with Gasteiger partial charge in [0.25, 0.3) is 5.91 Å². The second kappa shape index (κ2) is 7.40. The highest BCUT2D eigenvalue weighted by atomic mass is 16.2. The lowest BCUT2D eigenvalue weighted by molar-refractivity contribution is 0.0709. The first-order chi connectivity index (χ1) is 12.3. The van der Waals surface area contributed by atoms with Gasteiger partial charge in [-0.3, -0.25) is 4.79 Å². The molecule has 2 aliphatic heterocycles. The Hall–Kier alpha value is -2.13. The van der Waals surface area contributed by atoms with Crippen molar-refractivity contribution in [1.29, 1.82) is 0 Å². The summed E-state index contributed by atoms with van der Waals surface area (Å²) in [5.74, 6) is 0.196. The van der Waals surface area contributed by atoms with Crippen LogP contribution in [0.3, 0.4) is 0 Å². The first-order valence-corrected chi connectivity index (χ1v) is 9.50. The van der Waals surface area contributed by atoms with Crippen LogP contribution in [0.15, 0.2) is 54.6 Å². The van der Waals surface area contributed by atoms with E-state index in [2.05, 4.69) is 34.1 Å². The van der Waals surface area contributed by atoms with Crippen molar-refractivity contribution in [2.24, 2.45) is 0 Å². The Kier molecular flexibility index (Phi) is 4.84. The van der Waals surface area contributed by atoms with Crippen molar-refractivity contribution in [2.45, 2.75) is 31.7 Å². The van der Waals surface area contributed by atoms with Gasteiger partial charge in [0.2, 0.25) is 0 Å². The zero-order valence-corrected chi connectivity index (χ0v) is 14.7. The zero-order valence-electron chi connectivity index (χ0n) is 14.7. The molecule has 4 rings (SSSR count). The van der Waals surface area contributed by atoms with E-state index in [9.17, 15) is 4.79 Å². The number of nitrogens with zero attached hydrogens (tertiary/aromatic N) is 2. The molecule has 1 amide bonds. The van der Waals surface area contributed by atoms with Crippen molar-refractivity contribution < 1.29 is 4.79 Å². The molecule has 3 nitrogen and oxygen atoms in total. The number of likely N-dealkylation sites (tertiary alicyclic amines) is 2. The minimum atomic E-state index is 0.196. The van der Waals surface area contributed by atoms with E-state index in [0.717, 1.165) is 37.1 Å². The molecule has 0 aliphatic carbocycles. The number of benzene rings is 2. The largest absolute Gasteiger partial charge is 0.334 e. The lowest BCUT2D eigenvalue weighted by Gasteiger charge is -2.28. The van der Waals surface area contributed by atoms with E-state index in [0.29, 0.717) is 6.04 Å². The lowest BCUT2D eigenvalue weighted by Crippen LogP contribution is -2.42. The summed E-state index contributed by atoms with van der Waals surface area (Å²) < 4.78 is 0. The van der Waals surface area contributed by atoms with Crippen molar-refractivity contribution in [3.63, 3.8) is 0 Å². The van der Waals surface area contributed by atoms with Gasteiger partial charge in [-0.05, 0) is 62.0 Å². The Bertz CT molecular complexity index is 705. The fourth-order valence-electron chi connectivity index (χ4n) is 4.16. The van der Waals surface area contributed by atoms with E-state index in [1.165, 1.54) is 31.5 Å². The summed E-state index contributed by atoms with van der Waals surface area (Å²) in [5.41, 5.74) is 3.16. The monoisotopic (exact) mass is 334 g/mol. The minimum Gasteiger partial charge on any atom is -0.334 e. The van der Waals surface area contributed by atoms with Crippen LogP contribution in [0.1, 0.15) is 36.0 Å². The van der Waals surface area contributed by atoms with Crippen LogP contribution in [0.4, 0.5) is 0 Å². The van der Waals surface area contributed by atoms with E-state index in [1.807, 2.05) is 30.3 Å². The van der Waals surface area contributed by atoms with E-state index < -0.39 is 0 Å². The Morgan fingerprint density at radius 2 is 1.52 bits per heavy atom. The van der Waals surface area contributed by atoms with Crippen LogP contribution in [-0.2, 0) is 0 Å². The summed E-state index contributed by atoms with van der Waals surface area (Å²) in [6.45, 7) is 4.35. The maximum absolute atomic E-state index is 13.0. The van der Waals surface area contributed by atoms with Crippen molar-refractivity contribution in [3.05, 3.63) is 60.2 Å². The minimum absolute atomic E-state index is 0.196. The van der Waals surface area contributed by atoms with E-state index in [4.69, 9.17) is 0 Å². The van der Waals surface area contributed by atoms with E-state index in [-0.39, 0.29) is 5.91 Å². The highest BCUT2D eigenvalue weighted by Gasteiger charge is 2.31. The average molecular weight is 334 g/mol. The predicted molar refractivity (Wildman–Crippen MR) is 102 cm³/mol. The first kappa shape index (κ1) is 16.3. The van der Waals surface area contributed by atoms with Crippen molar-refractivity contribution in [2.75, 3.05) is 26.2 Å². The summed E-state index contributed by atoms with van der Waals surface area (Å²) >= 11 is 0. The molecule has 25 heavy (non-hydrogen) atoms. The van der Waals surface area contributed by atoms with Gasteiger partial charge in [-0.1, -0.05) is 42.5 Å². The van der Waals surface area contributed by atoms with Crippen LogP contribution in [-0.4, -0.2) is 47.9 Å². The Morgan fingerprint density at radius 1 is 0.840 bits per heavy atom. The van der Waals surface area contributed by atoms with Crippen LogP contribution in [0.5, 0.6) is 0 Å². The molecule has 0 spiro atoms. The average Bonchev–Trinajstić information content (AvgIpc) is 3.34. The van der Waals surface area contributed by atoms with Gasteiger partial charge < -0.3 is 9.80 Å². The molecule has 1 unspecified atom stereocenters. The molecule has 2 heterocycles. The molecule has 2 aromatic rings. The lowest BCUT2D eigenvalue weighted by atomic mass is 10.0. The van der Waals surface area contributed by atoms with Crippen LogP contribution in [0.25, 0.3) is 11.1 Å². The predicted octanol–water partition coefficient (Wildman–Crippen LogP) is 4.05. The SMILES string of the molecule is O=C(c1ccc(-c2ccccc2)cc1)N1CCCC1CN1CCCC1. The van der Waals surface area contributed by atoms with Gasteiger partial charge in [0.1, 0.15) is 0 Å². The number of carbonyl (C=O) groups excluding carboxylic acids is 1. The Morgan fingerprint density at radius 3 is 2.24 bits per heavy atom. The normalized spacial score (nSPS) is 21.0. The van der Waals surface area contributed by atoms with Gasteiger partial charge in [-0.25, -0.2) is 0 Å². The van der Waals surface area contributed by atoms with Gasteiger partial charge >= 0.3 is 0 Å². The quantitative estimate of drug-likeness (QED) is 0.842. The third-order valence-electron chi connectivity index (χ3n) is 5.54. The summed E-state index contributed by atoms with van der Waals surface area (Å²) in [4.78, 5) is 17.6. The number of rotatable bonds is 4. The molecule has 2 aromatic carbocycles. The number of carbonyl (C=O) groups is 1. The summed E-state index contributed by atoms with van der Waals surface area (Å²) in [7, 11) is 0. The summed E-state index contributed by atoms with van der Waals surface area (Å²) in [6, 6.07) is 18.8. The molecular formula is C22H26N2O. The fraction of sp³-hybridized carbons (Fsp3) is 0.409. The van der Waals surface area contributed by atoms with E-state index >= 15 is 0 Å². The maximum atomic E-state index is 13.0. The Labute approximate surface area is 150 Å². The number of hydrogen-bond acceptors (Lipinski definition) is 2. The third-order valence-corrected chi connectivity index (χ3v) is 5.54. The van der Waals surface area contributed by atoms with Crippen molar-refractivity contribution in [3.8, 4) is 11.1 Å². The van der Waals surface area contributed by atoms with E-state index in [1.54, 1.807) is 0 Å². The molecule has 2 fully saturated rings. The molecule has 2 saturated heterocycles. The van der Waals surface area contributed by atoms with Crippen LogP contribution in [0, 0.1) is 0 Å². The van der Waals surface area contributed by atoms with Crippen LogP contribution >= 0.6 is 0 Å².